The lowest BCUT2D eigenvalue weighted by Gasteiger charge is -2.37. The minimum absolute atomic E-state index is 0.302. The molecule has 0 saturated carbocycles. The van der Waals surface area contributed by atoms with Crippen LogP contribution in [0.15, 0.2) is 54.4 Å². The van der Waals surface area contributed by atoms with E-state index in [0.29, 0.717) is 11.3 Å². The molecule has 0 aliphatic heterocycles. The van der Waals surface area contributed by atoms with E-state index in [2.05, 4.69) is 56.0 Å². The van der Waals surface area contributed by atoms with Crippen molar-refractivity contribution >= 4 is 5.57 Å². The first-order valence-electron chi connectivity index (χ1n) is 8.30. The summed E-state index contributed by atoms with van der Waals surface area (Å²) in [4.78, 5) is 4.42. The lowest BCUT2D eigenvalue weighted by atomic mass is 9.68. The van der Waals surface area contributed by atoms with Gasteiger partial charge in [-0.25, -0.2) is 9.67 Å². The molecule has 0 spiro atoms. The summed E-state index contributed by atoms with van der Waals surface area (Å²) in [5.74, 6) is 1.33. The molecule has 2 heterocycles. The van der Waals surface area contributed by atoms with E-state index in [1.54, 1.807) is 6.20 Å². The molecule has 23 heavy (non-hydrogen) atoms. The number of aromatic nitrogens is 3. The van der Waals surface area contributed by atoms with Crippen molar-refractivity contribution in [2.45, 2.75) is 40.5 Å². The zero-order valence-electron chi connectivity index (χ0n) is 14.5. The Balaban J connectivity index is 1.98. The third-order valence-corrected chi connectivity index (χ3v) is 4.92. The van der Waals surface area contributed by atoms with Gasteiger partial charge in [0, 0.05) is 12.1 Å². The molecule has 0 radical (unpaired) electrons. The van der Waals surface area contributed by atoms with Gasteiger partial charge in [-0.2, -0.15) is 5.10 Å². The highest BCUT2D eigenvalue weighted by Crippen LogP contribution is 2.42. The van der Waals surface area contributed by atoms with Crippen molar-refractivity contribution < 1.29 is 0 Å². The van der Waals surface area contributed by atoms with Crippen molar-refractivity contribution in [2.75, 3.05) is 0 Å². The first-order valence-corrected chi connectivity index (χ1v) is 8.30. The minimum Gasteiger partial charge on any atom is -0.237 e. The van der Waals surface area contributed by atoms with Gasteiger partial charge in [-0.3, -0.25) is 0 Å². The Bertz CT molecular complexity index is 735. The summed E-state index contributed by atoms with van der Waals surface area (Å²) in [5.41, 5.74) is 4.14. The summed E-state index contributed by atoms with van der Waals surface area (Å²) < 4.78 is 1.92. The van der Waals surface area contributed by atoms with Crippen molar-refractivity contribution in [3.63, 3.8) is 0 Å². The van der Waals surface area contributed by atoms with Crippen LogP contribution in [-0.4, -0.2) is 14.8 Å². The SMILES string of the molecule is CC1=CCCC(C)(C)C1/C=C(\C)c1ccnn1-c1ccccn1. The van der Waals surface area contributed by atoms with Crippen LogP contribution in [0.3, 0.4) is 0 Å². The normalized spacial score (nSPS) is 21.1. The molecule has 1 aliphatic carbocycles. The van der Waals surface area contributed by atoms with E-state index >= 15 is 0 Å². The van der Waals surface area contributed by atoms with Gasteiger partial charge in [0.15, 0.2) is 5.82 Å². The Hall–Kier alpha value is -2.16. The molecule has 0 amide bonds. The number of nitrogens with zero attached hydrogens (tertiary/aromatic N) is 3. The molecule has 0 aromatic carbocycles. The molecule has 2 aromatic heterocycles. The van der Waals surface area contributed by atoms with Gasteiger partial charge in [0.25, 0.3) is 0 Å². The third kappa shape index (κ3) is 3.14. The Morgan fingerprint density at radius 3 is 2.78 bits per heavy atom. The average molecular weight is 307 g/mol. The van der Waals surface area contributed by atoms with Gasteiger partial charge < -0.3 is 0 Å². The molecule has 1 aliphatic rings. The molecular formula is C20H25N3. The van der Waals surface area contributed by atoms with Gasteiger partial charge in [-0.1, -0.05) is 37.6 Å². The highest BCUT2D eigenvalue weighted by atomic mass is 15.3. The fourth-order valence-electron chi connectivity index (χ4n) is 3.53. The van der Waals surface area contributed by atoms with Crippen molar-refractivity contribution in [2.24, 2.45) is 11.3 Å². The fraction of sp³-hybridized carbons (Fsp3) is 0.400. The van der Waals surface area contributed by atoms with E-state index in [-0.39, 0.29) is 0 Å². The molecule has 0 bridgehead atoms. The zero-order chi connectivity index (χ0) is 16.4. The van der Waals surface area contributed by atoms with Crippen molar-refractivity contribution in [1.29, 1.82) is 0 Å². The van der Waals surface area contributed by atoms with E-state index < -0.39 is 0 Å². The molecule has 1 unspecified atom stereocenters. The Morgan fingerprint density at radius 1 is 1.26 bits per heavy atom. The van der Waals surface area contributed by atoms with Crippen LogP contribution in [0.4, 0.5) is 0 Å². The molecule has 120 valence electrons. The third-order valence-electron chi connectivity index (χ3n) is 4.92. The maximum Gasteiger partial charge on any atom is 0.153 e. The Kier molecular flexibility index (Phi) is 4.20. The molecule has 2 aromatic rings. The van der Waals surface area contributed by atoms with Gasteiger partial charge in [0.1, 0.15) is 0 Å². The van der Waals surface area contributed by atoms with Crippen LogP contribution < -0.4 is 0 Å². The second kappa shape index (κ2) is 6.15. The summed E-state index contributed by atoms with van der Waals surface area (Å²) in [6.45, 7) is 9.17. The van der Waals surface area contributed by atoms with Gasteiger partial charge in [0.05, 0.1) is 11.9 Å². The van der Waals surface area contributed by atoms with Crippen molar-refractivity contribution in [3.8, 4) is 5.82 Å². The van der Waals surface area contributed by atoms with Crippen LogP contribution in [0.5, 0.6) is 0 Å². The fourth-order valence-corrected chi connectivity index (χ4v) is 3.53. The lowest BCUT2D eigenvalue weighted by molar-refractivity contribution is 0.256. The quantitative estimate of drug-likeness (QED) is 0.743. The number of hydrogen-bond donors (Lipinski definition) is 0. The predicted octanol–water partition coefficient (Wildman–Crippen LogP) is 5.05. The van der Waals surface area contributed by atoms with Crippen molar-refractivity contribution in [1.82, 2.24) is 14.8 Å². The van der Waals surface area contributed by atoms with Crippen molar-refractivity contribution in [3.05, 3.63) is 60.1 Å². The van der Waals surface area contributed by atoms with Crippen LogP contribution in [0.2, 0.25) is 0 Å². The first kappa shape index (κ1) is 15.7. The van der Waals surface area contributed by atoms with Gasteiger partial charge in [0.2, 0.25) is 0 Å². The molecule has 0 fully saturated rings. The van der Waals surface area contributed by atoms with Crippen LogP contribution in [-0.2, 0) is 0 Å². The molecule has 0 N–H and O–H groups in total. The molecule has 1 atom stereocenters. The second-order valence-electron chi connectivity index (χ2n) is 7.12. The summed E-state index contributed by atoms with van der Waals surface area (Å²) >= 11 is 0. The largest absolute Gasteiger partial charge is 0.237 e. The maximum absolute atomic E-state index is 4.45. The molecular weight excluding hydrogens is 282 g/mol. The maximum atomic E-state index is 4.45. The van der Waals surface area contributed by atoms with E-state index in [1.165, 1.54) is 24.0 Å². The van der Waals surface area contributed by atoms with Gasteiger partial charge in [-0.05, 0) is 55.9 Å². The Labute approximate surface area is 138 Å². The van der Waals surface area contributed by atoms with E-state index in [1.807, 2.05) is 29.1 Å². The molecule has 3 nitrogen and oxygen atoms in total. The molecule has 0 saturated heterocycles. The van der Waals surface area contributed by atoms with E-state index in [9.17, 15) is 0 Å². The molecule has 3 rings (SSSR count). The standard InChI is InChI=1S/C20H25N3/c1-15-8-7-11-20(3,4)17(15)14-16(2)18-10-13-22-23(18)19-9-5-6-12-21-19/h5-6,8-10,12-14,17H,7,11H2,1-4H3/b16-14+. The highest BCUT2D eigenvalue weighted by Gasteiger charge is 2.31. The van der Waals surface area contributed by atoms with Gasteiger partial charge >= 0.3 is 0 Å². The van der Waals surface area contributed by atoms with Gasteiger partial charge in [-0.15, -0.1) is 0 Å². The number of rotatable bonds is 3. The number of hydrogen-bond acceptors (Lipinski definition) is 2. The molecule has 3 heteroatoms. The topological polar surface area (TPSA) is 30.7 Å². The Morgan fingerprint density at radius 2 is 2.09 bits per heavy atom. The average Bonchev–Trinajstić information content (AvgIpc) is 3.01. The highest BCUT2D eigenvalue weighted by molar-refractivity contribution is 5.63. The predicted molar refractivity (Wildman–Crippen MR) is 95.3 cm³/mol. The first-order chi connectivity index (χ1) is 11.0. The second-order valence-corrected chi connectivity index (χ2v) is 7.12. The van der Waals surface area contributed by atoms with Crippen LogP contribution >= 0.6 is 0 Å². The summed E-state index contributed by atoms with van der Waals surface area (Å²) in [6, 6.07) is 7.97. The number of allylic oxidation sites excluding steroid dienone is 4. The van der Waals surface area contributed by atoms with Crippen LogP contribution in [0.25, 0.3) is 11.4 Å². The van der Waals surface area contributed by atoms with Crippen LogP contribution in [0, 0.1) is 11.3 Å². The summed E-state index contributed by atoms with van der Waals surface area (Å²) in [6.07, 6.45) is 10.9. The zero-order valence-corrected chi connectivity index (χ0v) is 14.5. The lowest BCUT2D eigenvalue weighted by Crippen LogP contribution is -2.26. The summed E-state index contributed by atoms with van der Waals surface area (Å²) in [7, 11) is 0. The smallest absolute Gasteiger partial charge is 0.153 e. The van der Waals surface area contributed by atoms with E-state index in [4.69, 9.17) is 0 Å². The number of pyridine rings is 1. The summed E-state index contributed by atoms with van der Waals surface area (Å²) in [5, 5.41) is 4.45. The minimum atomic E-state index is 0.302. The van der Waals surface area contributed by atoms with E-state index in [0.717, 1.165) is 11.5 Å². The monoisotopic (exact) mass is 307 g/mol. The van der Waals surface area contributed by atoms with Crippen LogP contribution in [0.1, 0.15) is 46.2 Å².